The molecule has 0 aromatic carbocycles. The van der Waals surface area contributed by atoms with Gasteiger partial charge in [0.05, 0.1) is 0 Å². The Hall–Kier alpha value is -2.47. The molecule has 10 heteroatoms. The molecule has 0 saturated heterocycles. The minimum absolute atomic E-state index is 0. The number of aliphatic hydroxyl groups excluding tert-OH is 1. The largest absolute Gasteiger partial charge is 0.452 e. The SMILES string of the molecule is OC(F)OC(F)(F)C(O)(F)F.[Rf].[Rf]. The Labute approximate surface area is 57.0 Å². The summed E-state index contributed by atoms with van der Waals surface area (Å²) in [7, 11) is 0. The first-order valence-electron chi connectivity index (χ1n) is 2.15. The van der Waals surface area contributed by atoms with E-state index in [1.807, 2.05) is 0 Å². The standard InChI is InChI=1S/C3H3F5O3.2Rf/c4-1(9)11-3(7,8)2(5,6)10;;/h1,9-10H;;. The Morgan fingerprint density at radius 2 is 1.38 bits per heavy atom. The van der Waals surface area contributed by atoms with Crippen LogP contribution in [0.15, 0.2) is 0 Å². The summed E-state index contributed by atoms with van der Waals surface area (Å²) >= 11 is 0. The van der Waals surface area contributed by atoms with Crippen LogP contribution < -0.4 is 0 Å². The Morgan fingerprint density at radius 1 is 1.08 bits per heavy atom. The van der Waals surface area contributed by atoms with Crippen molar-refractivity contribution in [3.8, 4) is 0 Å². The van der Waals surface area contributed by atoms with Crippen LogP contribution in [0.1, 0.15) is 0 Å². The zero-order chi connectivity index (χ0) is 9.28. The molecule has 0 aliphatic carbocycles. The fraction of sp³-hybridized carbons (Fsp3) is 1.00. The third-order valence-corrected chi connectivity index (χ3v) is 0.595. The van der Waals surface area contributed by atoms with Gasteiger partial charge >= 0.3 is 18.8 Å². The zero-order valence-corrected chi connectivity index (χ0v) is 19.0. The number of halogens is 5. The van der Waals surface area contributed by atoms with Crippen LogP contribution in [-0.4, -0.2) is 29.0 Å². The van der Waals surface area contributed by atoms with Crippen LogP contribution in [0.25, 0.3) is 0 Å². The van der Waals surface area contributed by atoms with Gasteiger partial charge in [-0.2, -0.15) is 22.0 Å². The predicted octanol–water partition coefficient (Wildman–Crippen LogP) is 0.426. The average molecular weight is 716 g/mol. The molecule has 0 aromatic heterocycles. The van der Waals surface area contributed by atoms with E-state index in [9.17, 15) is 22.0 Å². The zero-order valence-electron chi connectivity index (χ0n) is 6.18. The van der Waals surface area contributed by atoms with Crippen LogP contribution >= 0.6 is 0 Å². The maximum Gasteiger partial charge on any atom is 0.452 e. The molecule has 0 rings (SSSR count). The van der Waals surface area contributed by atoms with Crippen molar-refractivity contribution in [1.29, 1.82) is 0 Å². The summed E-state index contributed by atoms with van der Waals surface area (Å²) in [6.07, 6.45) is -11.0. The Kier molecular flexibility index (Phi) is 4.91. The molecule has 0 aromatic rings. The van der Waals surface area contributed by atoms with E-state index in [2.05, 4.69) is 4.74 Å². The van der Waals surface area contributed by atoms with Crippen molar-refractivity contribution in [2.24, 2.45) is 0 Å². The third-order valence-electron chi connectivity index (χ3n) is 0.595. The van der Waals surface area contributed by atoms with Gasteiger partial charge in [-0.25, -0.2) is 0 Å². The molecular weight excluding hydrogens is 713 g/mol. The number of aliphatic hydroxyl groups is 2. The molecular formula is C3H3F5O3Rf2. The van der Waals surface area contributed by atoms with Crippen molar-refractivity contribution in [2.75, 3.05) is 0 Å². The molecule has 0 saturated carbocycles. The number of hydrogen-bond donors (Lipinski definition) is 2. The second-order valence-electron chi connectivity index (χ2n) is 1.47. The Morgan fingerprint density at radius 3 is 1.46 bits per heavy atom. The normalized spacial score (nSPS) is 14.1. The third kappa shape index (κ3) is 4.06. The number of rotatable bonds is 3. The molecule has 3 nitrogen and oxygen atoms in total. The first kappa shape index (κ1) is 16.9. The van der Waals surface area contributed by atoms with Gasteiger partial charge in [-0.05, 0) is 0 Å². The van der Waals surface area contributed by atoms with Gasteiger partial charge in [0.15, 0.2) is 0 Å². The molecule has 0 spiro atoms. The van der Waals surface area contributed by atoms with E-state index in [0.29, 0.717) is 0 Å². The number of alkyl halides is 5. The van der Waals surface area contributed by atoms with Crippen molar-refractivity contribution in [2.45, 2.75) is 18.8 Å². The predicted molar refractivity (Wildman–Crippen MR) is 20.3 cm³/mol. The molecule has 1 atom stereocenters. The summed E-state index contributed by atoms with van der Waals surface area (Å²) < 4.78 is 59.1. The van der Waals surface area contributed by atoms with E-state index in [1.165, 1.54) is 0 Å². The molecule has 0 aliphatic heterocycles. The molecule has 0 bridgehead atoms. The molecule has 2 N–H and O–H groups in total. The average Bonchev–Trinajstić information content (AvgIpc) is 1.56. The monoisotopic (exact) mass is 716 g/mol. The molecule has 72 valence electrons. The van der Waals surface area contributed by atoms with E-state index in [-0.39, 0.29) is 0 Å². The fourth-order valence-corrected chi connectivity index (χ4v) is 0.193. The summed E-state index contributed by atoms with van der Waals surface area (Å²) in [4.78, 5) is 0. The van der Waals surface area contributed by atoms with Gasteiger partial charge in [0.2, 0.25) is 0 Å². The van der Waals surface area contributed by atoms with Crippen LogP contribution in [0.2, 0.25) is 0 Å². The van der Waals surface area contributed by atoms with Crippen LogP contribution in [0.5, 0.6) is 0 Å². The topological polar surface area (TPSA) is 49.7 Å². The molecule has 0 radical (unpaired) electrons. The second-order valence-corrected chi connectivity index (χ2v) is 1.47. The van der Waals surface area contributed by atoms with Gasteiger partial charge < -0.3 is 10.2 Å². The molecule has 1 unspecified atom stereocenters. The quantitative estimate of drug-likeness (QED) is 0.330. The fourth-order valence-electron chi connectivity index (χ4n) is 0.193. The molecule has 0 fully saturated rings. The van der Waals surface area contributed by atoms with Crippen LogP contribution in [0.3, 0.4) is 0 Å². The summed E-state index contributed by atoms with van der Waals surface area (Å²) in [5.74, 6) is 0. The van der Waals surface area contributed by atoms with E-state index < -0.39 is 18.8 Å². The van der Waals surface area contributed by atoms with Crippen molar-refractivity contribution >= 4 is 0 Å². The van der Waals surface area contributed by atoms with Crippen molar-refractivity contribution < 1.29 is 36.9 Å². The van der Waals surface area contributed by atoms with Gasteiger partial charge in [-0.3, -0.25) is 4.74 Å². The Balaban J connectivity index is -0.000000500. The summed E-state index contributed by atoms with van der Waals surface area (Å²) in [6, 6.07) is 0. The summed E-state index contributed by atoms with van der Waals surface area (Å²) in [6.45, 7) is -3.58. The van der Waals surface area contributed by atoms with Crippen LogP contribution in [-0.2, 0) is 4.74 Å². The molecule has 13 heavy (non-hydrogen) atoms. The first-order valence-corrected chi connectivity index (χ1v) is 2.15. The summed E-state index contributed by atoms with van der Waals surface area (Å²) in [5, 5.41) is 14.7. The smallest absolute Gasteiger partial charge is 0.342 e. The van der Waals surface area contributed by atoms with Crippen LogP contribution in [0, 0.1) is 0 Å². The maximum atomic E-state index is 11.6. The minimum Gasteiger partial charge on any atom is -0.342 e. The van der Waals surface area contributed by atoms with E-state index in [4.69, 9.17) is 10.2 Å². The number of ether oxygens (including phenoxy) is 1. The van der Waals surface area contributed by atoms with Crippen LogP contribution in [0.4, 0.5) is 22.0 Å². The summed E-state index contributed by atoms with van der Waals surface area (Å²) in [5.41, 5.74) is 0. The van der Waals surface area contributed by atoms with Gasteiger partial charge in [0, 0.05) is 0 Å². The van der Waals surface area contributed by atoms with E-state index in [0.717, 1.165) is 0 Å². The first-order chi connectivity index (χ1) is 4.67. The van der Waals surface area contributed by atoms with Crippen molar-refractivity contribution in [3.05, 3.63) is 0 Å². The van der Waals surface area contributed by atoms with Gasteiger partial charge in [0.25, 0.3) is 0 Å². The maximum absolute atomic E-state index is 11.6. The van der Waals surface area contributed by atoms with Crippen molar-refractivity contribution in [1.82, 2.24) is 0 Å². The van der Waals surface area contributed by atoms with Crippen molar-refractivity contribution in [3.63, 3.8) is 0 Å². The molecule has 0 amide bonds. The van der Waals surface area contributed by atoms with E-state index >= 15 is 0 Å². The second kappa shape index (κ2) is 3.79. The Bertz CT molecular complexity index is 137. The van der Waals surface area contributed by atoms with Gasteiger partial charge in [0.1, 0.15) is 0 Å². The van der Waals surface area contributed by atoms with Gasteiger partial charge in [-0.1, -0.05) is 0 Å². The number of hydrogen-bond acceptors (Lipinski definition) is 3. The molecule has 0 aliphatic rings. The minimum atomic E-state index is -5.53. The molecule has 0 heterocycles. The van der Waals surface area contributed by atoms with E-state index in [1.54, 1.807) is 0 Å². The van der Waals surface area contributed by atoms with Gasteiger partial charge in [-0.15, -0.1) is 0 Å².